The first-order valence-electron chi connectivity index (χ1n) is 10.4. The van der Waals surface area contributed by atoms with Crippen molar-refractivity contribution in [1.82, 2.24) is 9.88 Å². The Morgan fingerprint density at radius 1 is 0.862 bits per heavy atom. The Balaban J connectivity index is 1.61. The molecule has 1 heterocycles. The summed E-state index contributed by atoms with van der Waals surface area (Å²) in [4.78, 5) is 7.04. The number of likely N-dealkylation sites (N-methyl/N-ethyl adjacent to an activating group) is 1. The fourth-order valence-corrected chi connectivity index (χ4v) is 4.77. The molecule has 1 aliphatic carbocycles. The zero-order chi connectivity index (χ0) is 19.8. The molecule has 0 spiro atoms. The Kier molecular flexibility index (Phi) is 4.65. The number of benzene rings is 3. The van der Waals surface area contributed by atoms with Gasteiger partial charge in [-0.05, 0) is 55.3 Å². The second-order valence-corrected chi connectivity index (χ2v) is 8.31. The minimum atomic E-state index is 0.426. The lowest BCUT2D eigenvalue weighted by molar-refractivity contribution is 0.258. The van der Waals surface area contributed by atoms with Crippen LogP contribution in [-0.4, -0.2) is 30.0 Å². The summed E-state index contributed by atoms with van der Waals surface area (Å²) in [5.41, 5.74) is 7.89. The van der Waals surface area contributed by atoms with Gasteiger partial charge in [-0.3, -0.25) is 4.98 Å². The predicted molar refractivity (Wildman–Crippen MR) is 121 cm³/mol. The van der Waals surface area contributed by atoms with Crippen LogP contribution in [0.1, 0.15) is 29.0 Å². The number of hydrogen-bond donors (Lipinski definition) is 0. The zero-order valence-corrected chi connectivity index (χ0v) is 17.0. The third kappa shape index (κ3) is 3.34. The van der Waals surface area contributed by atoms with Gasteiger partial charge in [-0.2, -0.15) is 0 Å². The number of fused-ring (bicyclic) bond motifs is 2. The summed E-state index contributed by atoms with van der Waals surface area (Å²) in [5, 5.41) is 1.19. The Morgan fingerprint density at radius 2 is 1.69 bits per heavy atom. The second kappa shape index (κ2) is 7.46. The average Bonchev–Trinajstić information content (AvgIpc) is 2.78. The highest BCUT2D eigenvalue weighted by molar-refractivity contribution is 5.93. The molecule has 2 unspecified atom stereocenters. The Hall–Kier alpha value is -2.97. The molecule has 4 aromatic rings. The van der Waals surface area contributed by atoms with Crippen LogP contribution in [0.4, 0.5) is 0 Å². The van der Waals surface area contributed by atoms with Crippen molar-refractivity contribution < 1.29 is 0 Å². The van der Waals surface area contributed by atoms with Crippen molar-refractivity contribution in [3.05, 3.63) is 102 Å². The van der Waals surface area contributed by atoms with Gasteiger partial charge in [0.2, 0.25) is 0 Å². The van der Waals surface area contributed by atoms with Gasteiger partial charge in [-0.1, -0.05) is 72.8 Å². The van der Waals surface area contributed by atoms with Gasteiger partial charge in [0.05, 0.1) is 5.52 Å². The molecule has 0 saturated heterocycles. The molecular formula is C27H26N2. The van der Waals surface area contributed by atoms with Crippen molar-refractivity contribution in [2.45, 2.75) is 24.8 Å². The summed E-state index contributed by atoms with van der Waals surface area (Å²) in [6.07, 6.45) is 4.17. The van der Waals surface area contributed by atoms with E-state index in [1.165, 1.54) is 33.2 Å². The van der Waals surface area contributed by atoms with Crippen LogP contribution in [0.15, 0.2) is 85.1 Å². The highest BCUT2D eigenvalue weighted by atomic mass is 15.1. The monoisotopic (exact) mass is 378 g/mol. The first-order valence-corrected chi connectivity index (χ1v) is 10.4. The van der Waals surface area contributed by atoms with Gasteiger partial charge in [-0.25, -0.2) is 0 Å². The third-order valence-corrected chi connectivity index (χ3v) is 6.36. The van der Waals surface area contributed by atoms with Crippen LogP contribution in [0.3, 0.4) is 0 Å². The van der Waals surface area contributed by atoms with E-state index in [0.29, 0.717) is 12.0 Å². The highest BCUT2D eigenvalue weighted by Gasteiger charge is 2.29. The van der Waals surface area contributed by atoms with Crippen LogP contribution in [0.25, 0.3) is 22.0 Å². The molecule has 2 nitrogen and oxygen atoms in total. The molecule has 0 fully saturated rings. The van der Waals surface area contributed by atoms with E-state index in [4.69, 9.17) is 0 Å². The number of nitrogens with zero attached hydrogens (tertiary/aromatic N) is 2. The zero-order valence-electron chi connectivity index (χ0n) is 17.0. The molecule has 5 rings (SSSR count). The number of aromatic nitrogens is 1. The smallest absolute Gasteiger partial charge is 0.0780 e. The van der Waals surface area contributed by atoms with Gasteiger partial charge in [0, 0.05) is 29.1 Å². The molecule has 2 atom stereocenters. The van der Waals surface area contributed by atoms with Crippen molar-refractivity contribution in [3.63, 3.8) is 0 Å². The van der Waals surface area contributed by atoms with E-state index in [9.17, 15) is 0 Å². The topological polar surface area (TPSA) is 16.1 Å². The summed E-state index contributed by atoms with van der Waals surface area (Å²) in [6.45, 7) is 0. The van der Waals surface area contributed by atoms with Crippen LogP contribution in [0.5, 0.6) is 0 Å². The molecule has 0 N–H and O–H groups in total. The van der Waals surface area contributed by atoms with E-state index in [0.717, 1.165) is 18.4 Å². The van der Waals surface area contributed by atoms with Crippen molar-refractivity contribution in [2.75, 3.05) is 14.1 Å². The molecule has 29 heavy (non-hydrogen) atoms. The van der Waals surface area contributed by atoms with Crippen molar-refractivity contribution in [1.29, 1.82) is 0 Å². The van der Waals surface area contributed by atoms with E-state index < -0.39 is 0 Å². The van der Waals surface area contributed by atoms with E-state index >= 15 is 0 Å². The standard InChI is InChI=1S/C27H26N2/c1-29(2)23-17-22-8-3-4-13-24(22)26(18-23)21-11-5-10-20(16-21)25-14-6-9-19-12-7-15-28-27(19)25/h3-16,23,26H,17-18H2,1-2H3. The highest BCUT2D eigenvalue weighted by Crippen LogP contribution is 2.39. The first kappa shape index (κ1) is 18.1. The Bertz CT molecular complexity index is 1160. The normalized spacial score (nSPS) is 18.7. The maximum atomic E-state index is 4.66. The van der Waals surface area contributed by atoms with Gasteiger partial charge in [0.1, 0.15) is 0 Å². The van der Waals surface area contributed by atoms with Gasteiger partial charge < -0.3 is 4.90 Å². The Morgan fingerprint density at radius 3 is 2.59 bits per heavy atom. The lowest BCUT2D eigenvalue weighted by atomic mass is 9.76. The summed E-state index contributed by atoms with van der Waals surface area (Å²) in [6, 6.07) is 29.2. The molecule has 0 saturated carbocycles. The van der Waals surface area contributed by atoms with Crippen LogP contribution >= 0.6 is 0 Å². The van der Waals surface area contributed by atoms with E-state index in [1.807, 2.05) is 12.3 Å². The molecule has 144 valence electrons. The number of hydrogen-bond acceptors (Lipinski definition) is 2. The van der Waals surface area contributed by atoms with Crippen LogP contribution in [-0.2, 0) is 6.42 Å². The van der Waals surface area contributed by atoms with E-state index in [1.54, 1.807) is 0 Å². The quantitative estimate of drug-likeness (QED) is 0.440. The maximum absolute atomic E-state index is 4.66. The maximum Gasteiger partial charge on any atom is 0.0780 e. The first-order chi connectivity index (χ1) is 14.2. The van der Waals surface area contributed by atoms with Crippen LogP contribution < -0.4 is 0 Å². The summed E-state index contributed by atoms with van der Waals surface area (Å²) in [7, 11) is 4.40. The molecular weight excluding hydrogens is 352 g/mol. The summed E-state index contributed by atoms with van der Waals surface area (Å²) in [5.74, 6) is 0.426. The molecule has 2 heteroatoms. The average molecular weight is 379 g/mol. The summed E-state index contributed by atoms with van der Waals surface area (Å²) >= 11 is 0. The molecule has 0 aliphatic heterocycles. The number of pyridine rings is 1. The third-order valence-electron chi connectivity index (χ3n) is 6.36. The SMILES string of the molecule is CN(C)C1Cc2ccccc2C(c2cccc(-c3cccc4cccnc34)c2)C1. The van der Waals surface area contributed by atoms with Gasteiger partial charge >= 0.3 is 0 Å². The molecule has 0 bridgehead atoms. The van der Waals surface area contributed by atoms with Gasteiger partial charge in [0.25, 0.3) is 0 Å². The Labute approximate surface area is 172 Å². The van der Waals surface area contributed by atoms with Crippen molar-refractivity contribution in [2.24, 2.45) is 0 Å². The van der Waals surface area contributed by atoms with Gasteiger partial charge in [-0.15, -0.1) is 0 Å². The minimum absolute atomic E-state index is 0.426. The predicted octanol–water partition coefficient (Wildman–Crippen LogP) is 5.91. The minimum Gasteiger partial charge on any atom is -0.306 e. The fraction of sp³-hybridized carbons (Fsp3) is 0.222. The molecule has 1 aliphatic rings. The van der Waals surface area contributed by atoms with E-state index in [2.05, 4.69) is 96.8 Å². The molecule has 3 aromatic carbocycles. The van der Waals surface area contributed by atoms with Crippen LogP contribution in [0, 0.1) is 0 Å². The van der Waals surface area contributed by atoms with Crippen LogP contribution in [0.2, 0.25) is 0 Å². The molecule has 0 amide bonds. The number of para-hydroxylation sites is 1. The fourth-order valence-electron chi connectivity index (χ4n) is 4.77. The van der Waals surface area contributed by atoms with Crippen molar-refractivity contribution >= 4 is 10.9 Å². The van der Waals surface area contributed by atoms with Gasteiger partial charge in [0.15, 0.2) is 0 Å². The van der Waals surface area contributed by atoms with Crippen molar-refractivity contribution in [3.8, 4) is 11.1 Å². The second-order valence-electron chi connectivity index (χ2n) is 8.31. The largest absolute Gasteiger partial charge is 0.306 e. The van der Waals surface area contributed by atoms with E-state index in [-0.39, 0.29) is 0 Å². The molecule has 1 aromatic heterocycles. The number of rotatable bonds is 3. The molecule has 0 radical (unpaired) electrons. The summed E-state index contributed by atoms with van der Waals surface area (Å²) < 4.78 is 0. The lowest BCUT2D eigenvalue weighted by Crippen LogP contribution is -2.35. The lowest BCUT2D eigenvalue weighted by Gasteiger charge is -2.35.